The van der Waals surface area contributed by atoms with Crippen LogP contribution in [0.5, 0.6) is 0 Å². The van der Waals surface area contributed by atoms with E-state index in [4.69, 9.17) is 4.74 Å². The number of unbranched alkanes of at least 4 members (excludes halogenated alkanes) is 15. The molecule has 260 valence electrons. The summed E-state index contributed by atoms with van der Waals surface area (Å²) in [5.74, 6) is 0.233. The molecule has 4 rings (SSSR count). The van der Waals surface area contributed by atoms with Gasteiger partial charge in [-0.05, 0) is 36.0 Å². The summed E-state index contributed by atoms with van der Waals surface area (Å²) in [6, 6.07) is 32.0. The number of ether oxygens (including phenoxy) is 1. The van der Waals surface area contributed by atoms with Gasteiger partial charge in [0.15, 0.2) is 0 Å². The van der Waals surface area contributed by atoms with E-state index in [1.165, 1.54) is 96.3 Å². The summed E-state index contributed by atoms with van der Waals surface area (Å²) < 4.78 is 7.21. The molecule has 3 aromatic rings. The summed E-state index contributed by atoms with van der Waals surface area (Å²) in [4.78, 5) is 14.5. The van der Waals surface area contributed by atoms with Crippen LogP contribution in [0, 0.1) is 5.92 Å². The van der Waals surface area contributed by atoms with Gasteiger partial charge in [0.2, 0.25) is 6.41 Å². The fourth-order valence-corrected chi connectivity index (χ4v) is 7.58. The Labute approximate surface area is 293 Å². The molecule has 0 heterocycles. The molecule has 0 saturated carbocycles. The standard InChI is InChI=1S/C45H63NO2/c1-2-3-4-5-6-7-8-9-10-11-12-13-14-15-16-28-37-46(39-47)44-36-27-26-29-40(44)38-48-45(41-30-20-17-21-31-41,42-32-22-18-23-33-42)43-34-24-19-25-35-43/h17-27,30-35,39-40,44H,2-16,28-29,36-38H2,1H3. The zero-order valence-corrected chi connectivity index (χ0v) is 30.0. The Morgan fingerprint density at radius 1 is 0.583 bits per heavy atom. The molecule has 1 aliphatic carbocycles. The average Bonchev–Trinajstić information content (AvgIpc) is 3.15. The van der Waals surface area contributed by atoms with Gasteiger partial charge in [-0.15, -0.1) is 0 Å². The molecule has 3 aromatic carbocycles. The second-order valence-electron chi connectivity index (χ2n) is 14.0. The van der Waals surface area contributed by atoms with Crippen molar-refractivity contribution in [1.82, 2.24) is 4.90 Å². The number of allylic oxidation sites excluding steroid dienone is 1. The van der Waals surface area contributed by atoms with Crippen molar-refractivity contribution in [2.24, 2.45) is 5.92 Å². The molecule has 3 heteroatoms. The Bertz CT molecular complexity index is 1160. The molecule has 3 nitrogen and oxygen atoms in total. The van der Waals surface area contributed by atoms with Crippen LogP contribution >= 0.6 is 0 Å². The van der Waals surface area contributed by atoms with Gasteiger partial charge in [-0.25, -0.2) is 0 Å². The summed E-state index contributed by atoms with van der Waals surface area (Å²) in [6.45, 7) is 3.69. The molecule has 48 heavy (non-hydrogen) atoms. The van der Waals surface area contributed by atoms with Crippen molar-refractivity contribution in [3.8, 4) is 0 Å². The minimum absolute atomic E-state index is 0.156. The van der Waals surface area contributed by atoms with Gasteiger partial charge in [-0.3, -0.25) is 4.79 Å². The Hall–Kier alpha value is -3.17. The molecular weight excluding hydrogens is 587 g/mol. The van der Waals surface area contributed by atoms with Gasteiger partial charge in [-0.2, -0.15) is 0 Å². The molecule has 0 saturated heterocycles. The lowest BCUT2D eigenvalue weighted by molar-refractivity contribution is -0.122. The van der Waals surface area contributed by atoms with E-state index in [-0.39, 0.29) is 12.0 Å². The van der Waals surface area contributed by atoms with E-state index in [0.29, 0.717) is 6.61 Å². The number of rotatable bonds is 25. The zero-order valence-electron chi connectivity index (χ0n) is 30.0. The van der Waals surface area contributed by atoms with Crippen LogP contribution in [0.15, 0.2) is 103 Å². The average molecular weight is 650 g/mol. The third kappa shape index (κ3) is 11.8. The Balaban J connectivity index is 1.25. The van der Waals surface area contributed by atoms with Crippen LogP contribution in [0.3, 0.4) is 0 Å². The maximum atomic E-state index is 12.5. The molecule has 0 fully saturated rings. The van der Waals surface area contributed by atoms with E-state index in [1.807, 2.05) is 0 Å². The summed E-state index contributed by atoms with van der Waals surface area (Å²) in [5.41, 5.74) is 2.61. The first-order valence-electron chi connectivity index (χ1n) is 19.5. The smallest absolute Gasteiger partial charge is 0.209 e. The van der Waals surface area contributed by atoms with Crippen LogP contribution in [-0.2, 0) is 15.1 Å². The number of amides is 1. The van der Waals surface area contributed by atoms with Crippen molar-refractivity contribution >= 4 is 6.41 Å². The number of hydrogen-bond donors (Lipinski definition) is 0. The summed E-state index contributed by atoms with van der Waals surface area (Å²) in [6.07, 6.45) is 29.2. The molecule has 2 atom stereocenters. The number of nitrogens with zero attached hydrogens (tertiary/aromatic N) is 1. The lowest BCUT2D eigenvalue weighted by Gasteiger charge is -2.40. The molecule has 0 bridgehead atoms. The van der Waals surface area contributed by atoms with Crippen molar-refractivity contribution in [3.63, 3.8) is 0 Å². The van der Waals surface area contributed by atoms with Gasteiger partial charge in [0.1, 0.15) is 5.60 Å². The van der Waals surface area contributed by atoms with Gasteiger partial charge in [0.25, 0.3) is 0 Å². The highest BCUT2D eigenvalue weighted by Crippen LogP contribution is 2.41. The molecule has 1 amide bonds. The van der Waals surface area contributed by atoms with Gasteiger partial charge in [0.05, 0.1) is 6.61 Å². The van der Waals surface area contributed by atoms with Crippen LogP contribution in [0.4, 0.5) is 0 Å². The molecule has 0 N–H and O–H groups in total. The number of benzene rings is 3. The molecular formula is C45H63NO2. The second kappa shape index (κ2) is 22.5. The Morgan fingerprint density at radius 3 is 1.40 bits per heavy atom. The Morgan fingerprint density at radius 2 is 0.979 bits per heavy atom. The van der Waals surface area contributed by atoms with E-state index in [2.05, 4.69) is 115 Å². The number of hydrogen-bond acceptors (Lipinski definition) is 2. The van der Waals surface area contributed by atoms with Gasteiger partial charge < -0.3 is 9.64 Å². The van der Waals surface area contributed by atoms with Crippen LogP contribution in [0.25, 0.3) is 0 Å². The highest BCUT2D eigenvalue weighted by molar-refractivity contribution is 5.49. The van der Waals surface area contributed by atoms with E-state index >= 15 is 0 Å². The fourth-order valence-electron chi connectivity index (χ4n) is 7.58. The lowest BCUT2D eigenvalue weighted by Crippen LogP contribution is -2.44. The van der Waals surface area contributed by atoms with Gasteiger partial charge in [-0.1, -0.05) is 206 Å². The molecule has 0 spiro atoms. The van der Waals surface area contributed by atoms with Gasteiger partial charge in [0, 0.05) is 18.5 Å². The third-order valence-electron chi connectivity index (χ3n) is 10.4. The van der Waals surface area contributed by atoms with Crippen LogP contribution in [0.1, 0.15) is 139 Å². The highest BCUT2D eigenvalue weighted by atomic mass is 16.5. The topological polar surface area (TPSA) is 29.5 Å². The summed E-state index contributed by atoms with van der Waals surface area (Å²) >= 11 is 0. The first-order valence-corrected chi connectivity index (χ1v) is 19.5. The van der Waals surface area contributed by atoms with Crippen molar-refractivity contribution in [2.45, 2.75) is 134 Å². The fraction of sp³-hybridized carbons (Fsp3) is 0.533. The van der Waals surface area contributed by atoms with Crippen molar-refractivity contribution in [3.05, 3.63) is 120 Å². The molecule has 2 unspecified atom stereocenters. The largest absolute Gasteiger partial charge is 0.360 e. The monoisotopic (exact) mass is 649 g/mol. The molecule has 0 aromatic heterocycles. The number of carbonyl (C=O) groups is 1. The van der Waals surface area contributed by atoms with Crippen molar-refractivity contribution < 1.29 is 9.53 Å². The van der Waals surface area contributed by atoms with Crippen LogP contribution in [-0.4, -0.2) is 30.5 Å². The van der Waals surface area contributed by atoms with Crippen LogP contribution in [0.2, 0.25) is 0 Å². The highest BCUT2D eigenvalue weighted by Gasteiger charge is 2.39. The van der Waals surface area contributed by atoms with Gasteiger partial charge >= 0.3 is 0 Å². The minimum Gasteiger partial charge on any atom is -0.360 e. The maximum absolute atomic E-state index is 12.5. The molecule has 1 aliphatic rings. The molecule has 0 radical (unpaired) electrons. The van der Waals surface area contributed by atoms with E-state index in [1.54, 1.807) is 0 Å². The quantitative estimate of drug-likeness (QED) is 0.0396. The SMILES string of the molecule is CCCCCCCCCCCCCCCCCCN(C=O)C1CC=CCC1COC(c1ccccc1)(c1ccccc1)c1ccccc1. The predicted octanol–water partition coefficient (Wildman–Crippen LogP) is 12.0. The maximum Gasteiger partial charge on any atom is 0.209 e. The summed E-state index contributed by atoms with van der Waals surface area (Å²) in [7, 11) is 0. The van der Waals surface area contributed by atoms with Crippen LogP contribution < -0.4 is 0 Å². The summed E-state index contributed by atoms with van der Waals surface area (Å²) in [5, 5.41) is 0. The number of carbonyl (C=O) groups excluding carboxylic acids is 1. The predicted molar refractivity (Wildman–Crippen MR) is 203 cm³/mol. The van der Waals surface area contributed by atoms with Crippen molar-refractivity contribution in [2.75, 3.05) is 13.2 Å². The van der Waals surface area contributed by atoms with E-state index in [9.17, 15) is 4.79 Å². The zero-order chi connectivity index (χ0) is 33.5. The second-order valence-corrected chi connectivity index (χ2v) is 14.0. The normalized spacial score (nSPS) is 16.2. The van der Waals surface area contributed by atoms with E-state index < -0.39 is 5.60 Å². The lowest BCUT2D eigenvalue weighted by atomic mass is 9.79. The first kappa shape index (κ1) is 37.6. The van der Waals surface area contributed by atoms with Crippen molar-refractivity contribution in [1.29, 1.82) is 0 Å². The third-order valence-corrected chi connectivity index (χ3v) is 10.4. The molecule has 0 aliphatic heterocycles. The van der Waals surface area contributed by atoms with E-state index in [0.717, 1.165) is 48.9 Å². The first-order chi connectivity index (χ1) is 23.8. The minimum atomic E-state index is -0.741. The Kier molecular flexibility index (Phi) is 17.6.